The Hall–Kier alpha value is -3.12. The topological polar surface area (TPSA) is 69.7 Å². The Balaban J connectivity index is 1.69. The second kappa shape index (κ2) is 9.19. The van der Waals surface area contributed by atoms with E-state index in [-0.39, 0.29) is 5.91 Å². The summed E-state index contributed by atoms with van der Waals surface area (Å²) in [5.41, 5.74) is 2.99. The first-order chi connectivity index (χ1) is 13.6. The number of nitrogens with zero attached hydrogens (tertiary/aromatic N) is 1. The molecule has 0 radical (unpaired) electrons. The fourth-order valence-corrected chi connectivity index (χ4v) is 2.87. The first-order valence-corrected chi connectivity index (χ1v) is 9.05. The number of amides is 1. The zero-order valence-electron chi connectivity index (χ0n) is 16.3. The molecule has 6 heteroatoms. The zero-order valence-corrected chi connectivity index (χ0v) is 16.3. The number of nitrogens with one attached hydrogen (secondary N) is 1. The number of carbonyl (C=O) groups excluding carboxylic acids is 1. The Morgan fingerprint density at radius 2 is 1.89 bits per heavy atom. The van der Waals surface area contributed by atoms with Gasteiger partial charge in [-0.3, -0.25) is 9.78 Å². The first-order valence-electron chi connectivity index (χ1n) is 9.05. The molecular formula is C22H24N2O4. The number of methoxy groups -OCH3 is 2. The van der Waals surface area contributed by atoms with E-state index in [1.54, 1.807) is 14.2 Å². The summed E-state index contributed by atoms with van der Waals surface area (Å²) in [7, 11) is 3.25. The van der Waals surface area contributed by atoms with E-state index in [9.17, 15) is 4.79 Å². The Morgan fingerprint density at radius 3 is 2.68 bits per heavy atom. The SMILES string of the molecule is COCCOc1cccc(CNC(=O)c2cc3ccc(OC)cc3nc2C)c1. The number of ether oxygens (including phenoxy) is 3. The van der Waals surface area contributed by atoms with Crippen LogP contribution in [0.5, 0.6) is 11.5 Å². The Labute approximate surface area is 164 Å². The van der Waals surface area contributed by atoms with Gasteiger partial charge < -0.3 is 19.5 Å². The van der Waals surface area contributed by atoms with Crippen LogP contribution in [-0.4, -0.2) is 38.3 Å². The standard InChI is InChI=1S/C22H24N2O4/c1-15-20(12-17-7-8-18(27-3)13-21(17)24-15)22(25)23-14-16-5-4-6-19(11-16)28-10-9-26-2/h4-8,11-13H,9-10,14H2,1-3H3,(H,23,25). The van der Waals surface area contributed by atoms with Crippen molar-refractivity contribution < 1.29 is 19.0 Å². The molecule has 0 spiro atoms. The van der Waals surface area contributed by atoms with Gasteiger partial charge in [-0.15, -0.1) is 0 Å². The third-order valence-corrected chi connectivity index (χ3v) is 4.37. The highest BCUT2D eigenvalue weighted by atomic mass is 16.5. The van der Waals surface area contributed by atoms with E-state index in [0.29, 0.717) is 31.0 Å². The fraction of sp³-hybridized carbons (Fsp3) is 0.273. The molecule has 0 aliphatic rings. The molecule has 0 aliphatic heterocycles. The van der Waals surface area contributed by atoms with Crippen LogP contribution in [0.3, 0.4) is 0 Å². The quantitative estimate of drug-likeness (QED) is 0.606. The largest absolute Gasteiger partial charge is 0.497 e. The van der Waals surface area contributed by atoms with E-state index in [4.69, 9.17) is 14.2 Å². The van der Waals surface area contributed by atoms with Crippen LogP contribution in [0, 0.1) is 6.92 Å². The van der Waals surface area contributed by atoms with Crippen molar-refractivity contribution in [1.82, 2.24) is 10.3 Å². The van der Waals surface area contributed by atoms with Gasteiger partial charge in [-0.05, 0) is 42.8 Å². The smallest absolute Gasteiger partial charge is 0.253 e. The molecular weight excluding hydrogens is 356 g/mol. The highest BCUT2D eigenvalue weighted by Gasteiger charge is 2.12. The summed E-state index contributed by atoms with van der Waals surface area (Å²) in [4.78, 5) is 17.2. The summed E-state index contributed by atoms with van der Waals surface area (Å²) in [6.45, 7) is 3.25. The summed E-state index contributed by atoms with van der Waals surface area (Å²) < 4.78 is 15.8. The minimum atomic E-state index is -0.159. The number of aryl methyl sites for hydroxylation is 1. The lowest BCUT2D eigenvalue weighted by Crippen LogP contribution is -2.24. The number of pyridine rings is 1. The second-order valence-corrected chi connectivity index (χ2v) is 6.35. The van der Waals surface area contributed by atoms with E-state index >= 15 is 0 Å². The van der Waals surface area contributed by atoms with Gasteiger partial charge in [0.15, 0.2) is 0 Å². The number of hydrogen-bond acceptors (Lipinski definition) is 5. The summed E-state index contributed by atoms with van der Waals surface area (Å²) in [5, 5.41) is 3.85. The van der Waals surface area contributed by atoms with Gasteiger partial charge in [0, 0.05) is 25.1 Å². The molecule has 0 unspecified atom stereocenters. The second-order valence-electron chi connectivity index (χ2n) is 6.35. The number of hydrogen-bond donors (Lipinski definition) is 1. The van der Waals surface area contributed by atoms with Crippen molar-refractivity contribution in [3.05, 3.63) is 65.4 Å². The lowest BCUT2D eigenvalue weighted by atomic mass is 10.1. The van der Waals surface area contributed by atoms with Crippen LogP contribution >= 0.6 is 0 Å². The van der Waals surface area contributed by atoms with Gasteiger partial charge in [-0.2, -0.15) is 0 Å². The maximum absolute atomic E-state index is 12.7. The van der Waals surface area contributed by atoms with Crippen molar-refractivity contribution in [2.45, 2.75) is 13.5 Å². The van der Waals surface area contributed by atoms with Crippen LogP contribution in [-0.2, 0) is 11.3 Å². The number of aromatic nitrogens is 1. The van der Waals surface area contributed by atoms with Gasteiger partial charge in [0.2, 0.25) is 0 Å². The molecule has 0 bridgehead atoms. The van der Waals surface area contributed by atoms with Crippen molar-refractivity contribution in [2.75, 3.05) is 27.4 Å². The van der Waals surface area contributed by atoms with Crippen molar-refractivity contribution in [3.63, 3.8) is 0 Å². The van der Waals surface area contributed by atoms with Crippen molar-refractivity contribution in [3.8, 4) is 11.5 Å². The average Bonchev–Trinajstić information content (AvgIpc) is 2.71. The van der Waals surface area contributed by atoms with Crippen LogP contribution in [0.1, 0.15) is 21.6 Å². The lowest BCUT2D eigenvalue weighted by molar-refractivity contribution is 0.0950. The molecule has 1 amide bonds. The molecule has 3 aromatic rings. The average molecular weight is 380 g/mol. The molecule has 0 aliphatic carbocycles. The van der Waals surface area contributed by atoms with Gasteiger partial charge in [-0.25, -0.2) is 0 Å². The normalized spacial score (nSPS) is 10.7. The third kappa shape index (κ3) is 4.78. The summed E-state index contributed by atoms with van der Waals surface area (Å²) in [5.74, 6) is 1.33. The Bertz CT molecular complexity index is 972. The zero-order chi connectivity index (χ0) is 19.9. The minimum absolute atomic E-state index is 0.159. The molecule has 2 aromatic carbocycles. The maximum Gasteiger partial charge on any atom is 0.253 e. The van der Waals surface area contributed by atoms with Gasteiger partial charge >= 0.3 is 0 Å². The highest BCUT2D eigenvalue weighted by Crippen LogP contribution is 2.22. The number of carbonyl (C=O) groups is 1. The monoisotopic (exact) mass is 380 g/mol. The van der Waals surface area contributed by atoms with Crippen LogP contribution in [0.4, 0.5) is 0 Å². The molecule has 3 rings (SSSR count). The molecule has 1 aromatic heterocycles. The van der Waals surface area contributed by atoms with Crippen LogP contribution in [0.25, 0.3) is 10.9 Å². The highest BCUT2D eigenvalue weighted by molar-refractivity contribution is 5.98. The van der Waals surface area contributed by atoms with Gasteiger partial charge in [0.05, 0.1) is 30.5 Å². The summed E-state index contributed by atoms with van der Waals surface area (Å²) in [6.07, 6.45) is 0. The van der Waals surface area contributed by atoms with E-state index in [1.165, 1.54) is 0 Å². The van der Waals surface area contributed by atoms with Crippen LogP contribution in [0.15, 0.2) is 48.5 Å². The lowest BCUT2D eigenvalue weighted by Gasteiger charge is -2.11. The third-order valence-electron chi connectivity index (χ3n) is 4.37. The molecule has 0 saturated carbocycles. The molecule has 6 nitrogen and oxygen atoms in total. The number of benzene rings is 2. The molecule has 0 fully saturated rings. The van der Waals surface area contributed by atoms with E-state index < -0.39 is 0 Å². The molecule has 1 heterocycles. The Kier molecular flexibility index (Phi) is 6.45. The summed E-state index contributed by atoms with van der Waals surface area (Å²) in [6, 6.07) is 15.1. The Morgan fingerprint density at radius 1 is 1.04 bits per heavy atom. The number of rotatable bonds is 8. The predicted octanol–water partition coefficient (Wildman–Crippen LogP) is 3.51. The molecule has 1 N–H and O–H groups in total. The van der Waals surface area contributed by atoms with Crippen LogP contribution in [0.2, 0.25) is 0 Å². The van der Waals surface area contributed by atoms with Gasteiger partial charge in [0.25, 0.3) is 5.91 Å². The van der Waals surface area contributed by atoms with E-state index in [0.717, 1.165) is 28.0 Å². The van der Waals surface area contributed by atoms with E-state index in [1.807, 2.05) is 55.5 Å². The molecule has 0 saturated heterocycles. The predicted molar refractivity (Wildman–Crippen MR) is 108 cm³/mol. The molecule has 146 valence electrons. The van der Waals surface area contributed by atoms with Crippen molar-refractivity contribution >= 4 is 16.8 Å². The molecule has 28 heavy (non-hydrogen) atoms. The molecule has 0 atom stereocenters. The summed E-state index contributed by atoms with van der Waals surface area (Å²) >= 11 is 0. The number of fused-ring (bicyclic) bond motifs is 1. The minimum Gasteiger partial charge on any atom is -0.497 e. The maximum atomic E-state index is 12.7. The van der Waals surface area contributed by atoms with Crippen LogP contribution < -0.4 is 14.8 Å². The van der Waals surface area contributed by atoms with Gasteiger partial charge in [0.1, 0.15) is 18.1 Å². The van der Waals surface area contributed by atoms with Crippen molar-refractivity contribution in [2.24, 2.45) is 0 Å². The fourth-order valence-electron chi connectivity index (χ4n) is 2.87. The van der Waals surface area contributed by atoms with Gasteiger partial charge in [-0.1, -0.05) is 12.1 Å². The van der Waals surface area contributed by atoms with Crippen molar-refractivity contribution in [1.29, 1.82) is 0 Å². The first kappa shape index (κ1) is 19.6. The van der Waals surface area contributed by atoms with E-state index in [2.05, 4.69) is 10.3 Å².